The van der Waals surface area contributed by atoms with E-state index in [2.05, 4.69) is 5.32 Å². The van der Waals surface area contributed by atoms with E-state index >= 15 is 0 Å². The van der Waals surface area contributed by atoms with Gasteiger partial charge in [0.2, 0.25) is 0 Å². The number of hydrogen-bond acceptors (Lipinski definition) is 6. The van der Waals surface area contributed by atoms with Crippen LogP contribution in [0.5, 0.6) is 0 Å². The van der Waals surface area contributed by atoms with Crippen molar-refractivity contribution in [1.29, 1.82) is 0 Å². The fourth-order valence-corrected chi connectivity index (χ4v) is 3.47. The lowest BCUT2D eigenvalue weighted by Crippen LogP contribution is -2.37. The lowest BCUT2D eigenvalue weighted by molar-refractivity contribution is -0.384. The Balaban J connectivity index is 1.49. The number of thiocarbonyl (C=S) groups is 1. The Morgan fingerprint density at radius 3 is 2.75 bits per heavy atom. The van der Waals surface area contributed by atoms with Crippen LogP contribution >= 0.6 is 12.2 Å². The molecule has 1 amide bonds. The lowest BCUT2D eigenvalue weighted by atomic mass is 10.1. The molecule has 0 spiro atoms. The molecule has 1 N–H and O–H groups in total. The van der Waals surface area contributed by atoms with E-state index in [4.69, 9.17) is 21.4 Å². The maximum atomic E-state index is 12.6. The van der Waals surface area contributed by atoms with Crippen LogP contribution in [0.15, 0.2) is 46.5 Å². The van der Waals surface area contributed by atoms with Crippen LogP contribution in [0.25, 0.3) is 17.4 Å². The summed E-state index contributed by atoms with van der Waals surface area (Å²) in [5.41, 5.74) is 1.06. The Morgan fingerprint density at radius 2 is 2.07 bits per heavy atom. The van der Waals surface area contributed by atoms with Gasteiger partial charge in [-0.2, -0.15) is 0 Å². The zero-order valence-corrected chi connectivity index (χ0v) is 15.6. The highest BCUT2D eigenvalue weighted by atomic mass is 32.1. The summed E-state index contributed by atoms with van der Waals surface area (Å²) in [5.74, 6) is 0.811. The summed E-state index contributed by atoms with van der Waals surface area (Å²) in [5, 5.41) is 14.0. The topological polar surface area (TPSA) is 97.8 Å². The Kier molecular flexibility index (Phi) is 4.93. The zero-order chi connectivity index (χ0) is 19.7. The first kappa shape index (κ1) is 18.3. The molecule has 4 rings (SSSR count). The predicted octanol–water partition coefficient (Wildman–Crippen LogP) is 3.09. The first-order valence-corrected chi connectivity index (χ1v) is 9.23. The van der Waals surface area contributed by atoms with Gasteiger partial charge < -0.3 is 14.5 Å². The van der Waals surface area contributed by atoms with Crippen molar-refractivity contribution in [2.24, 2.45) is 0 Å². The molecule has 0 bridgehead atoms. The molecule has 0 radical (unpaired) electrons. The number of benzene rings is 1. The van der Waals surface area contributed by atoms with Gasteiger partial charge in [0.25, 0.3) is 11.6 Å². The fourth-order valence-electron chi connectivity index (χ4n) is 3.20. The Bertz CT molecular complexity index is 960. The minimum atomic E-state index is -0.454. The van der Waals surface area contributed by atoms with Gasteiger partial charge >= 0.3 is 0 Å². The second-order valence-corrected chi connectivity index (χ2v) is 6.93. The number of nitro benzene ring substituents is 1. The number of carbonyl (C=O) groups is 1. The number of furan rings is 1. The van der Waals surface area contributed by atoms with Gasteiger partial charge in [-0.05, 0) is 49.3 Å². The molecule has 1 aromatic carbocycles. The van der Waals surface area contributed by atoms with E-state index < -0.39 is 4.92 Å². The summed E-state index contributed by atoms with van der Waals surface area (Å²) in [6, 6.07) is 9.54. The van der Waals surface area contributed by atoms with Gasteiger partial charge in [0.1, 0.15) is 17.2 Å². The van der Waals surface area contributed by atoms with Crippen molar-refractivity contribution < 1.29 is 18.9 Å². The van der Waals surface area contributed by atoms with Crippen molar-refractivity contribution in [1.82, 2.24) is 10.2 Å². The highest BCUT2D eigenvalue weighted by Crippen LogP contribution is 2.26. The van der Waals surface area contributed by atoms with Gasteiger partial charge in [0.15, 0.2) is 5.11 Å². The van der Waals surface area contributed by atoms with Gasteiger partial charge in [0.05, 0.1) is 17.6 Å². The number of amides is 1. The minimum Gasteiger partial charge on any atom is -0.457 e. The minimum absolute atomic E-state index is 0.0123. The molecule has 0 saturated carbocycles. The molecule has 0 aliphatic carbocycles. The molecular weight excluding hydrogens is 382 g/mol. The average Bonchev–Trinajstić information content (AvgIpc) is 3.41. The molecule has 144 valence electrons. The van der Waals surface area contributed by atoms with Gasteiger partial charge in [-0.15, -0.1) is 0 Å². The Hall–Kier alpha value is -3.04. The van der Waals surface area contributed by atoms with Crippen LogP contribution in [0.4, 0.5) is 5.69 Å². The molecule has 2 fully saturated rings. The third-order valence-corrected chi connectivity index (χ3v) is 4.97. The molecule has 8 nitrogen and oxygen atoms in total. The van der Waals surface area contributed by atoms with Crippen LogP contribution in [0.1, 0.15) is 18.6 Å². The zero-order valence-electron chi connectivity index (χ0n) is 14.8. The fraction of sp³-hybridized carbons (Fsp3) is 0.263. The van der Waals surface area contributed by atoms with Crippen LogP contribution in [0.3, 0.4) is 0 Å². The molecule has 2 aliphatic rings. The number of nitrogens with one attached hydrogen (secondary N) is 1. The normalized spacial score (nSPS) is 20.8. The number of non-ortho nitro benzene ring substituents is 1. The summed E-state index contributed by atoms with van der Waals surface area (Å²) < 4.78 is 11.3. The standard InChI is InChI=1S/C19H17N3O5S/c23-18-16(20-19(28)21(18)11-15-2-1-9-26-15)10-14-7-8-17(27-14)12-3-5-13(6-4-12)22(24)25/h3-8,10,15H,1-2,9,11H2,(H,20,28)/b16-10-/t15-/m1/s1. The summed E-state index contributed by atoms with van der Waals surface area (Å²) in [4.78, 5) is 24.4. The first-order valence-electron chi connectivity index (χ1n) is 8.82. The molecular formula is C19H17N3O5S. The molecule has 9 heteroatoms. The molecule has 2 aromatic rings. The van der Waals surface area contributed by atoms with Crippen molar-refractivity contribution in [3.63, 3.8) is 0 Å². The second kappa shape index (κ2) is 7.53. The smallest absolute Gasteiger partial charge is 0.276 e. The monoisotopic (exact) mass is 399 g/mol. The van der Waals surface area contributed by atoms with Crippen LogP contribution in [0.2, 0.25) is 0 Å². The maximum absolute atomic E-state index is 12.6. The lowest BCUT2D eigenvalue weighted by Gasteiger charge is -2.18. The summed E-state index contributed by atoms with van der Waals surface area (Å²) in [6.45, 7) is 1.15. The van der Waals surface area contributed by atoms with E-state index in [9.17, 15) is 14.9 Å². The summed E-state index contributed by atoms with van der Waals surface area (Å²) in [6.07, 6.45) is 3.52. The predicted molar refractivity (Wildman–Crippen MR) is 105 cm³/mol. The SMILES string of the molecule is O=C1/C(=C/c2ccc(-c3ccc([N+](=O)[O-])cc3)o2)NC(=S)N1C[C@H]1CCCO1. The van der Waals surface area contributed by atoms with Crippen LogP contribution in [-0.2, 0) is 9.53 Å². The van der Waals surface area contributed by atoms with Crippen LogP contribution in [0, 0.1) is 10.1 Å². The van der Waals surface area contributed by atoms with Gasteiger partial charge in [-0.25, -0.2) is 0 Å². The number of nitro groups is 1. The third-order valence-electron chi connectivity index (χ3n) is 4.65. The quantitative estimate of drug-likeness (QED) is 0.357. The first-order chi connectivity index (χ1) is 13.5. The van der Waals surface area contributed by atoms with E-state index in [1.54, 1.807) is 30.3 Å². The molecule has 1 atom stereocenters. The van der Waals surface area contributed by atoms with Crippen molar-refractivity contribution in [3.05, 3.63) is 58.0 Å². The number of carbonyl (C=O) groups excluding carboxylic acids is 1. The number of hydrogen-bond donors (Lipinski definition) is 1. The van der Waals surface area contributed by atoms with E-state index in [1.165, 1.54) is 17.0 Å². The summed E-state index contributed by atoms with van der Waals surface area (Å²) >= 11 is 5.27. The third kappa shape index (κ3) is 3.67. The summed E-state index contributed by atoms with van der Waals surface area (Å²) in [7, 11) is 0. The number of ether oxygens (including phenoxy) is 1. The second-order valence-electron chi connectivity index (χ2n) is 6.54. The van der Waals surface area contributed by atoms with Crippen molar-refractivity contribution in [2.75, 3.05) is 13.2 Å². The van der Waals surface area contributed by atoms with Gasteiger partial charge in [-0.3, -0.25) is 19.8 Å². The Morgan fingerprint density at radius 1 is 1.29 bits per heavy atom. The average molecular weight is 399 g/mol. The van der Waals surface area contributed by atoms with Crippen LogP contribution in [-0.4, -0.2) is 40.1 Å². The van der Waals surface area contributed by atoms with Crippen molar-refractivity contribution in [3.8, 4) is 11.3 Å². The molecule has 2 saturated heterocycles. The highest BCUT2D eigenvalue weighted by molar-refractivity contribution is 7.80. The van der Waals surface area contributed by atoms with Crippen molar-refractivity contribution in [2.45, 2.75) is 18.9 Å². The highest BCUT2D eigenvalue weighted by Gasteiger charge is 2.33. The molecule has 1 aromatic heterocycles. The number of nitrogens with zero attached hydrogens (tertiary/aromatic N) is 2. The number of rotatable bonds is 5. The van der Waals surface area contributed by atoms with Gasteiger partial charge in [-0.1, -0.05) is 0 Å². The van der Waals surface area contributed by atoms with Crippen molar-refractivity contribution >= 4 is 35.0 Å². The maximum Gasteiger partial charge on any atom is 0.276 e. The van der Waals surface area contributed by atoms with E-state index in [1.807, 2.05) is 0 Å². The van der Waals surface area contributed by atoms with E-state index in [0.29, 0.717) is 41.0 Å². The molecule has 28 heavy (non-hydrogen) atoms. The van der Waals surface area contributed by atoms with E-state index in [0.717, 1.165) is 12.8 Å². The van der Waals surface area contributed by atoms with E-state index in [-0.39, 0.29) is 17.7 Å². The molecule has 0 unspecified atom stereocenters. The molecule has 2 aliphatic heterocycles. The van der Waals surface area contributed by atoms with Gasteiger partial charge in [0, 0.05) is 30.4 Å². The van der Waals surface area contributed by atoms with Crippen LogP contribution < -0.4 is 5.32 Å². The largest absolute Gasteiger partial charge is 0.457 e. The Labute approximate surface area is 165 Å². The molecule has 3 heterocycles.